The molecule has 1 saturated heterocycles. The van der Waals surface area contributed by atoms with Crippen molar-refractivity contribution >= 4 is 0 Å². The molecule has 0 amide bonds. The zero-order chi connectivity index (χ0) is 8.69. The summed E-state index contributed by atoms with van der Waals surface area (Å²) in [7, 11) is 2.14. The van der Waals surface area contributed by atoms with Crippen LogP contribution in [0.15, 0.2) is 0 Å². The van der Waals surface area contributed by atoms with Gasteiger partial charge in [-0.25, -0.2) is 0 Å². The quantitative estimate of drug-likeness (QED) is 0.607. The van der Waals surface area contributed by atoms with Crippen molar-refractivity contribution in [1.82, 2.24) is 4.90 Å². The van der Waals surface area contributed by atoms with Gasteiger partial charge in [-0.2, -0.15) is 0 Å². The molecule has 1 aliphatic heterocycles. The maximum atomic E-state index is 5.46. The van der Waals surface area contributed by atoms with Crippen LogP contribution in [0.25, 0.3) is 0 Å². The van der Waals surface area contributed by atoms with Gasteiger partial charge in [-0.3, -0.25) is 0 Å². The van der Waals surface area contributed by atoms with E-state index < -0.39 is 0 Å². The molecule has 76 valence electrons. The lowest BCUT2D eigenvalue weighted by Gasteiger charge is -2.29. The van der Waals surface area contributed by atoms with Gasteiger partial charge in [0.1, 0.15) is 0 Å². The molecule has 0 N–H and O–H groups in total. The first-order valence-electron chi connectivity index (χ1n) is 4.63. The van der Waals surface area contributed by atoms with Crippen molar-refractivity contribution in [3.05, 3.63) is 0 Å². The van der Waals surface area contributed by atoms with E-state index in [2.05, 4.69) is 18.9 Å². The predicted molar refractivity (Wildman–Crippen MR) is 55.6 cm³/mol. The molecule has 1 atom stereocenters. The molecular weight excluding hydrogens is 150 g/mol. The minimum atomic E-state index is 0. The molecule has 0 aromatic rings. The van der Waals surface area contributed by atoms with E-state index in [9.17, 15) is 0 Å². The molecule has 1 heterocycles. The molecule has 1 unspecified atom stereocenters. The van der Waals surface area contributed by atoms with Gasteiger partial charge in [0.15, 0.2) is 0 Å². The summed E-state index contributed by atoms with van der Waals surface area (Å²) in [6.07, 6.45) is 1.63. The minimum Gasteiger partial charge on any atom is -0.376 e. The van der Waals surface area contributed by atoms with Gasteiger partial charge in [-0.15, -0.1) is 0 Å². The zero-order valence-electron chi connectivity index (χ0n) is 8.26. The summed E-state index contributed by atoms with van der Waals surface area (Å²) < 4.78 is 5.46. The fourth-order valence-corrected chi connectivity index (χ4v) is 1.11. The van der Waals surface area contributed by atoms with Crippen molar-refractivity contribution in [1.29, 1.82) is 0 Å². The molecule has 0 aromatic carbocycles. The van der Waals surface area contributed by atoms with Crippen LogP contribution in [0.3, 0.4) is 0 Å². The third kappa shape index (κ3) is 5.56. The van der Waals surface area contributed by atoms with Crippen molar-refractivity contribution in [3.8, 4) is 0 Å². The molecule has 0 bridgehead atoms. The van der Waals surface area contributed by atoms with Crippen LogP contribution in [-0.4, -0.2) is 37.7 Å². The fraction of sp³-hybridized carbons (Fsp3) is 1.00. The molecule has 0 aliphatic carbocycles. The van der Waals surface area contributed by atoms with E-state index in [1.165, 1.54) is 0 Å². The number of likely N-dealkylation sites (N-methyl/N-ethyl adjacent to an activating group) is 1. The van der Waals surface area contributed by atoms with Gasteiger partial charge in [-0.05, 0) is 13.5 Å². The third-order valence-corrected chi connectivity index (χ3v) is 1.80. The van der Waals surface area contributed by atoms with Gasteiger partial charge in [0.25, 0.3) is 0 Å². The average Bonchev–Trinajstić information content (AvgIpc) is 2.08. The number of hydrogen-bond donors (Lipinski definition) is 0. The zero-order valence-corrected chi connectivity index (χ0v) is 8.26. The molecule has 2 nitrogen and oxygen atoms in total. The number of nitrogens with zero attached hydrogens (tertiary/aromatic N) is 1. The van der Waals surface area contributed by atoms with Crippen LogP contribution < -0.4 is 0 Å². The molecular formula is C10H25NO. The Kier molecular flexibility index (Phi) is 10.8. The fourth-order valence-electron chi connectivity index (χ4n) is 1.11. The van der Waals surface area contributed by atoms with E-state index in [-0.39, 0.29) is 7.43 Å². The van der Waals surface area contributed by atoms with Crippen LogP contribution in [0, 0.1) is 0 Å². The summed E-state index contributed by atoms with van der Waals surface area (Å²) in [6, 6.07) is 0. The van der Waals surface area contributed by atoms with Gasteiger partial charge < -0.3 is 9.64 Å². The summed E-state index contributed by atoms with van der Waals surface area (Å²) in [5.41, 5.74) is 0. The van der Waals surface area contributed by atoms with Crippen molar-refractivity contribution in [2.45, 2.75) is 40.7 Å². The minimum absolute atomic E-state index is 0. The molecule has 1 rings (SSSR count). The molecule has 1 aliphatic rings. The predicted octanol–water partition coefficient (Wildman–Crippen LogP) is 2.39. The Morgan fingerprint density at radius 1 is 1.42 bits per heavy atom. The highest BCUT2D eigenvalue weighted by atomic mass is 16.5. The van der Waals surface area contributed by atoms with E-state index in [1.54, 1.807) is 0 Å². The van der Waals surface area contributed by atoms with Gasteiger partial charge >= 0.3 is 0 Å². The largest absolute Gasteiger partial charge is 0.376 e. The Morgan fingerprint density at radius 2 is 2.00 bits per heavy atom. The van der Waals surface area contributed by atoms with Crippen molar-refractivity contribution in [2.24, 2.45) is 0 Å². The first kappa shape index (κ1) is 14.4. The van der Waals surface area contributed by atoms with Crippen molar-refractivity contribution in [3.63, 3.8) is 0 Å². The maximum Gasteiger partial charge on any atom is 0.0699 e. The van der Waals surface area contributed by atoms with Crippen LogP contribution in [0.5, 0.6) is 0 Å². The second-order valence-corrected chi connectivity index (χ2v) is 2.66. The first-order valence-corrected chi connectivity index (χ1v) is 4.63. The van der Waals surface area contributed by atoms with Gasteiger partial charge in [0.2, 0.25) is 0 Å². The van der Waals surface area contributed by atoms with E-state index in [0.29, 0.717) is 6.10 Å². The van der Waals surface area contributed by atoms with Gasteiger partial charge in [0, 0.05) is 13.1 Å². The summed E-state index contributed by atoms with van der Waals surface area (Å²) in [6.45, 7) is 9.28. The monoisotopic (exact) mass is 175 g/mol. The van der Waals surface area contributed by atoms with Crippen molar-refractivity contribution < 1.29 is 4.74 Å². The molecule has 1 fully saturated rings. The van der Waals surface area contributed by atoms with E-state index >= 15 is 0 Å². The number of rotatable bonds is 1. The Balaban J connectivity index is 0. The number of ether oxygens (including phenoxy) is 1. The highest BCUT2D eigenvalue weighted by Crippen LogP contribution is 2.04. The molecule has 12 heavy (non-hydrogen) atoms. The lowest BCUT2D eigenvalue weighted by molar-refractivity contribution is -0.0206. The van der Waals surface area contributed by atoms with Crippen LogP contribution in [0.2, 0.25) is 0 Å². The Hall–Kier alpha value is -0.0800. The SMILES string of the molecule is C.CC.CCC1CN(C)CCO1. The highest BCUT2D eigenvalue weighted by molar-refractivity contribution is 4.66. The highest BCUT2D eigenvalue weighted by Gasteiger charge is 2.14. The summed E-state index contributed by atoms with van der Waals surface area (Å²) >= 11 is 0. The molecule has 0 radical (unpaired) electrons. The summed E-state index contributed by atoms with van der Waals surface area (Å²) in [5, 5.41) is 0. The Labute approximate surface area is 77.9 Å². The summed E-state index contributed by atoms with van der Waals surface area (Å²) in [4.78, 5) is 2.32. The third-order valence-electron chi connectivity index (χ3n) is 1.80. The molecule has 2 heteroatoms. The van der Waals surface area contributed by atoms with Crippen LogP contribution in [-0.2, 0) is 4.74 Å². The molecule has 0 spiro atoms. The lowest BCUT2D eigenvalue weighted by Crippen LogP contribution is -2.39. The second kappa shape index (κ2) is 9.01. The van der Waals surface area contributed by atoms with Gasteiger partial charge in [-0.1, -0.05) is 28.2 Å². The smallest absolute Gasteiger partial charge is 0.0699 e. The second-order valence-electron chi connectivity index (χ2n) is 2.66. The van der Waals surface area contributed by atoms with Crippen LogP contribution in [0.4, 0.5) is 0 Å². The average molecular weight is 175 g/mol. The first-order chi connectivity index (χ1) is 5.33. The van der Waals surface area contributed by atoms with E-state index in [4.69, 9.17) is 4.74 Å². The Morgan fingerprint density at radius 3 is 2.33 bits per heavy atom. The van der Waals surface area contributed by atoms with Crippen molar-refractivity contribution in [2.75, 3.05) is 26.7 Å². The van der Waals surface area contributed by atoms with Gasteiger partial charge in [0.05, 0.1) is 12.7 Å². The number of morpholine rings is 1. The Bertz CT molecular complexity index is 85.9. The van der Waals surface area contributed by atoms with Crippen LogP contribution >= 0.6 is 0 Å². The van der Waals surface area contributed by atoms with E-state index in [0.717, 1.165) is 26.1 Å². The van der Waals surface area contributed by atoms with E-state index in [1.807, 2.05) is 13.8 Å². The normalized spacial score (nSPS) is 23.5. The molecule has 0 saturated carbocycles. The summed E-state index contributed by atoms with van der Waals surface area (Å²) in [5.74, 6) is 0. The topological polar surface area (TPSA) is 12.5 Å². The standard InChI is InChI=1S/C7H15NO.C2H6.CH4/c1-3-7-6-8(2)4-5-9-7;1-2;/h7H,3-6H2,1-2H3;1-2H3;1H4. The maximum absolute atomic E-state index is 5.46. The lowest BCUT2D eigenvalue weighted by atomic mass is 10.2. The van der Waals surface area contributed by atoms with Crippen LogP contribution in [0.1, 0.15) is 34.6 Å². The number of hydrogen-bond acceptors (Lipinski definition) is 2. The molecule has 0 aromatic heterocycles.